The van der Waals surface area contributed by atoms with E-state index in [0.717, 1.165) is 13.0 Å². The first-order chi connectivity index (χ1) is 5.83. The largest absolute Gasteiger partial charge is 0.251 e. The molecule has 0 bridgehead atoms. The maximum atomic E-state index is 3.97. The molecule has 0 aromatic carbocycles. The molecule has 0 radical (unpaired) electrons. The van der Waals surface area contributed by atoms with Gasteiger partial charge in [-0.05, 0) is 19.3 Å². The lowest BCUT2D eigenvalue weighted by Gasteiger charge is -2.27. The first-order valence-electron chi connectivity index (χ1n) is 4.98. The fraction of sp³-hybridized carbons (Fsp3) is 0.800. The summed E-state index contributed by atoms with van der Waals surface area (Å²) in [6.45, 7) is 9.49. The van der Waals surface area contributed by atoms with Crippen LogP contribution in [0.1, 0.15) is 32.6 Å². The Hall–Kier alpha value is -0.340. The van der Waals surface area contributed by atoms with Crippen molar-refractivity contribution in [3.8, 4) is 0 Å². The lowest BCUT2D eigenvalue weighted by molar-refractivity contribution is 0.160. The molecule has 0 amide bonds. The molecule has 1 aliphatic heterocycles. The van der Waals surface area contributed by atoms with Gasteiger partial charge in [0.05, 0.1) is 0 Å². The van der Waals surface area contributed by atoms with Crippen molar-refractivity contribution in [2.24, 2.45) is 0 Å². The Kier molecular flexibility index (Phi) is 4.33. The van der Waals surface area contributed by atoms with E-state index in [4.69, 9.17) is 0 Å². The Morgan fingerprint density at radius 2 is 2.00 bits per heavy atom. The molecule has 1 heterocycles. The van der Waals surface area contributed by atoms with Crippen molar-refractivity contribution >= 4 is 0 Å². The van der Waals surface area contributed by atoms with Crippen molar-refractivity contribution in [3.63, 3.8) is 0 Å². The van der Waals surface area contributed by atoms with Crippen LogP contribution in [0, 0.1) is 0 Å². The van der Waals surface area contributed by atoms with Gasteiger partial charge in [0, 0.05) is 19.6 Å². The molecule has 0 aromatic rings. The van der Waals surface area contributed by atoms with Crippen molar-refractivity contribution in [1.29, 1.82) is 0 Å². The molecule has 0 unspecified atom stereocenters. The van der Waals surface area contributed by atoms with Gasteiger partial charge in [-0.15, -0.1) is 0 Å². The van der Waals surface area contributed by atoms with Gasteiger partial charge in [-0.2, -0.15) is 0 Å². The van der Waals surface area contributed by atoms with Gasteiger partial charge in [-0.1, -0.05) is 25.5 Å². The smallest absolute Gasteiger partial charge is 0.0310 e. The summed E-state index contributed by atoms with van der Waals surface area (Å²) < 4.78 is 0. The molecule has 2 heteroatoms. The van der Waals surface area contributed by atoms with Gasteiger partial charge in [0.2, 0.25) is 0 Å². The highest BCUT2D eigenvalue weighted by Crippen LogP contribution is 2.06. The lowest BCUT2D eigenvalue weighted by Crippen LogP contribution is -2.42. The predicted molar refractivity (Wildman–Crippen MR) is 52.9 cm³/mol. The Morgan fingerprint density at radius 3 is 2.58 bits per heavy atom. The predicted octanol–water partition coefficient (Wildman–Crippen LogP) is 1.94. The summed E-state index contributed by atoms with van der Waals surface area (Å²) in [5.74, 6) is 0. The van der Waals surface area contributed by atoms with Crippen LogP contribution in [0.3, 0.4) is 0 Å². The quantitative estimate of drug-likeness (QED) is 0.645. The number of rotatable bonds is 4. The number of nitrogens with one attached hydrogen (secondary N) is 1. The minimum Gasteiger partial charge on any atom is -0.251 e. The molecular formula is C10H20N2. The van der Waals surface area contributed by atoms with E-state index in [1.165, 1.54) is 37.9 Å². The van der Waals surface area contributed by atoms with Crippen LogP contribution >= 0.6 is 0 Å². The summed E-state index contributed by atoms with van der Waals surface area (Å²) in [7, 11) is 0. The fourth-order valence-electron chi connectivity index (χ4n) is 1.40. The first kappa shape index (κ1) is 9.75. The highest BCUT2D eigenvalue weighted by Gasteiger charge is 2.08. The van der Waals surface area contributed by atoms with E-state index in [2.05, 4.69) is 23.9 Å². The normalized spacial score (nSPS) is 19.4. The lowest BCUT2D eigenvalue weighted by atomic mass is 10.2. The third-order valence-corrected chi connectivity index (χ3v) is 2.41. The van der Waals surface area contributed by atoms with E-state index >= 15 is 0 Å². The molecule has 1 aliphatic rings. The third-order valence-electron chi connectivity index (χ3n) is 2.41. The first-order valence-corrected chi connectivity index (χ1v) is 4.98. The van der Waals surface area contributed by atoms with E-state index in [1.54, 1.807) is 0 Å². The SMILES string of the molecule is C=C(CC)CNN1CCCCC1. The van der Waals surface area contributed by atoms with E-state index in [-0.39, 0.29) is 0 Å². The van der Waals surface area contributed by atoms with Crippen molar-refractivity contribution in [2.75, 3.05) is 19.6 Å². The van der Waals surface area contributed by atoms with Gasteiger partial charge in [-0.25, -0.2) is 5.01 Å². The molecule has 12 heavy (non-hydrogen) atoms. The van der Waals surface area contributed by atoms with Crippen LogP contribution in [-0.4, -0.2) is 24.6 Å². The van der Waals surface area contributed by atoms with Crippen molar-refractivity contribution < 1.29 is 0 Å². The molecule has 0 aliphatic carbocycles. The van der Waals surface area contributed by atoms with Crippen molar-refractivity contribution in [1.82, 2.24) is 10.4 Å². The second-order valence-corrected chi connectivity index (χ2v) is 3.49. The molecule has 70 valence electrons. The molecule has 1 N–H and O–H groups in total. The summed E-state index contributed by atoms with van der Waals surface area (Å²) in [5.41, 5.74) is 4.70. The van der Waals surface area contributed by atoms with Crippen LogP contribution in [0.4, 0.5) is 0 Å². The fourth-order valence-corrected chi connectivity index (χ4v) is 1.40. The van der Waals surface area contributed by atoms with Crippen LogP contribution in [-0.2, 0) is 0 Å². The molecule has 1 fully saturated rings. The zero-order valence-corrected chi connectivity index (χ0v) is 8.10. The maximum Gasteiger partial charge on any atom is 0.0310 e. The van der Waals surface area contributed by atoms with Gasteiger partial charge in [0.1, 0.15) is 0 Å². The van der Waals surface area contributed by atoms with Crippen LogP contribution in [0.2, 0.25) is 0 Å². The molecular weight excluding hydrogens is 148 g/mol. The van der Waals surface area contributed by atoms with Gasteiger partial charge >= 0.3 is 0 Å². The van der Waals surface area contributed by atoms with Gasteiger partial charge < -0.3 is 0 Å². The summed E-state index contributed by atoms with van der Waals surface area (Å²) in [6.07, 6.45) is 5.16. The average Bonchev–Trinajstić information content (AvgIpc) is 2.16. The summed E-state index contributed by atoms with van der Waals surface area (Å²) in [4.78, 5) is 0. The molecule has 0 spiro atoms. The van der Waals surface area contributed by atoms with E-state index in [9.17, 15) is 0 Å². The Labute approximate surface area is 75.6 Å². The van der Waals surface area contributed by atoms with Crippen LogP contribution in [0.15, 0.2) is 12.2 Å². The topological polar surface area (TPSA) is 15.3 Å². The Morgan fingerprint density at radius 1 is 1.33 bits per heavy atom. The van der Waals surface area contributed by atoms with Gasteiger partial charge in [0.25, 0.3) is 0 Å². The summed E-state index contributed by atoms with van der Waals surface area (Å²) in [6, 6.07) is 0. The molecule has 0 saturated carbocycles. The van der Waals surface area contributed by atoms with Gasteiger partial charge in [-0.3, -0.25) is 5.43 Å². The highest BCUT2D eigenvalue weighted by atomic mass is 15.5. The second kappa shape index (κ2) is 5.33. The average molecular weight is 168 g/mol. The molecule has 1 rings (SSSR count). The zero-order chi connectivity index (χ0) is 8.81. The summed E-state index contributed by atoms with van der Waals surface area (Å²) >= 11 is 0. The van der Waals surface area contributed by atoms with E-state index < -0.39 is 0 Å². The van der Waals surface area contributed by atoms with E-state index in [0.29, 0.717) is 0 Å². The molecule has 0 atom stereocenters. The summed E-state index contributed by atoms with van der Waals surface area (Å²) in [5, 5.41) is 2.32. The highest BCUT2D eigenvalue weighted by molar-refractivity contribution is 4.94. The standard InChI is InChI=1S/C10H20N2/c1-3-10(2)9-11-12-7-5-4-6-8-12/h11H,2-9H2,1H3. The monoisotopic (exact) mass is 168 g/mol. The van der Waals surface area contributed by atoms with E-state index in [1.807, 2.05) is 0 Å². The second-order valence-electron chi connectivity index (χ2n) is 3.49. The molecule has 2 nitrogen and oxygen atoms in total. The number of hydrazine groups is 1. The zero-order valence-electron chi connectivity index (χ0n) is 8.10. The molecule has 0 aromatic heterocycles. The Bertz CT molecular complexity index is 137. The number of nitrogens with zero attached hydrogens (tertiary/aromatic N) is 1. The third kappa shape index (κ3) is 3.37. The van der Waals surface area contributed by atoms with Crippen LogP contribution in [0.5, 0.6) is 0 Å². The van der Waals surface area contributed by atoms with Crippen LogP contribution < -0.4 is 5.43 Å². The van der Waals surface area contributed by atoms with Crippen molar-refractivity contribution in [2.45, 2.75) is 32.6 Å². The minimum absolute atomic E-state index is 0.955. The van der Waals surface area contributed by atoms with Crippen molar-refractivity contribution in [3.05, 3.63) is 12.2 Å². The number of piperidine rings is 1. The maximum absolute atomic E-state index is 3.97. The molecule has 1 saturated heterocycles. The minimum atomic E-state index is 0.955. The van der Waals surface area contributed by atoms with Gasteiger partial charge in [0.15, 0.2) is 0 Å². The Balaban J connectivity index is 2.09. The number of hydrogen-bond donors (Lipinski definition) is 1. The number of hydrogen-bond acceptors (Lipinski definition) is 2. The van der Waals surface area contributed by atoms with Crippen LogP contribution in [0.25, 0.3) is 0 Å².